The second-order valence-corrected chi connectivity index (χ2v) is 3.64. The highest BCUT2D eigenvalue weighted by atomic mass is 35.5. The van der Waals surface area contributed by atoms with Gasteiger partial charge in [0.05, 0.1) is 0 Å². The molecule has 1 N–H and O–H groups in total. The van der Waals surface area contributed by atoms with Crippen molar-refractivity contribution < 1.29 is 0 Å². The summed E-state index contributed by atoms with van der Waals surface area (Å²) in [5, 5.41) is 7.03. The Bertz CT molecular complexity index is 546. The molecule has 8 heteroatoms. The van der Waals surface area contributed by atoms with Gasteiger partial charge in [0.15, 0.2) is 0 Å². The normalized spacial score (nSPS) is 10.0. The summed E-state index contributed by atoms with van der Waals surface area (Å²) < 4.78 is 1.40. The number of hydrogen-bond acceptors (Lipinski definition) is 6. The highest BCUT2D eigenvalue weighted by Gasteiger charge is 2.06. The Morgan fingerprint density at radius 3 is 3.00 bits per heavy atom. The molecule has 0 spiro atoms. The van der Waals surface area contributed by atoms with Crippen LogP contribution in [0.2, 0.25) is 5.28 Å². The van der Waals surface area contributed by atoms with Crippen LogP contribution >= 0.6 is 11.6 Å². The molecule has 2 aromatic heterocycles. The highest BCUT2D eigenvalue weighted by molar-refractivity contribution is 6.28. The maximum Gasteiger partial charge on any atom is 0.258 e. The quantitative estimate of drug-likeness (QED) is 0.638. The summed E-state index contributed by atoms with van der Waals surface area (Å²) in [6.07, 6.45) is 9.56. The number of nitrogens with zero attached hydrogens (tertiary/aromatic N) is 6. The molecule has 7 nitrogen and oxygen atoms in total. The number of hydrogen-bond donors (Lipinski definition) is 1. The molecule has 0 amide bonds. The van der Waals surface area contributed by atoms with Gasteiger partial charge in [0, 0.05) is 13.0 Å². The number of halogens is 1. The van der Waals surface area contributed by atoms with E-state index in [1.54, 1.807) is 0 Å². The fourth-order valence-corrected chi connectivity index (χ4v) is 1.38. The van der Waals surface area contributed by atoms with E-state index in [9.17, 15) is 0 Å². The molecular weight excluding hydrogens is 254 g/mol. The number of rotatable bonds is 5. The smallest absolute Gasteiger partial charge is 0.258 e. The van der Waals surface area contributed by atoms with Crippen molar-refractivity contribution in [3.8, 4) is 18.3 Å². The zero-order valence-electron chi connectivity index (χ0n) is 9.41. The lowest BCUT2D eigenvalue weighted by atomic mass is 10.3. The predicted molar refractivity (Wildman–Crippen MR) is 66.3 cm³/mol. The first-order chi connectivity index (χ1) is 8.79. The lowest BCUT2D eigenvalue weighted by Crippen LogP contribution is -2.10. The molecule has 0 atom stereocenters. The first-order valence-corrected chi connectivity index (χ1v) is 5.61. The van der Waals surface area contributed by atoms with Crippen LogP contribution in [-0.2, 0) is 0 Å². The molecule has 0 aliphatic heterocycles. The van der Waals surface area contributed by atoms with Gasteiger partial charge in [-0.3, -0.25) is 0 Å². The van der Waals surface area contributed by atoms with Crippen LogP contribution in [0.25, 0.3) is 5.95 Å². The van der Waals surface area contributed by atoms with Gasteiger partial charge >= 0.3 is 0 Å². The second-order valence-electron chi connectivity index (χ2n) is 3.30. The molecule has 0 saturated heterocycles. The number of nitrogens with one attached hydrogen (secondary N) is 1. The van der Waals surface area contributed by atoms with E-state index < -0.39 is 0 Å². The zero-order valence-corrected chi connectivity index (χ0v) is 10.2. The van der Waals surface area contributed by atoms with E-state index >= 15 is 0 Å². The largest absolute Gasteiger partial charge is 0.354 e. The van der Waals surface area contributed by atoms with E-state index in [2.05, 4.69) is 36.3 Å². The van der Waals surface area contributed by atoms with Gasteiger partial charge < -0.3 is 5.32 Å². The van der Waals surface area contributed by atoms with Gasteiger partial charge in [-0.2, -0.15) is 24.7 Å². The SMILES string of the molecule is C#CCCCNc1nc(Cl)nc(-n2cncn2)n1. The molecule has 0 saturated carbocycles. The van der Waals surface area contributed by atoms with Crippen molar-refractivity contribution in [2.45, 2.75) is 12.8 Å². The molecule has 0 aromatic carbocycles. The number of aromatic nitrogens is 6. The number of terminal acetylenes is 1. The van der Waals surface area contributed by atoms with Crippen molar-refractivity contribution in [3.05, 3.63) is 17.9 Å². The molecule has 0 bridgehead atoms. The first kappa shape index (κ1) is 12.3. The summed E-state index contributed by atoms with van der Waals surface area (Å²) in [6.45, 7) is 0.668. The van der Waals surface area contributed by atoms with Crippen LogP contribution in [0.15, 0.2) is 12.7 Å². The van der Waals surface area contributed by atoms with Crippen LogP contribution < -0.4 is 5.32 Å². The third-order valence-electron chi connectivity index (χ3n) is 2.00. The summed E-state index contributed by atoms with van der Waals surface area (Å²) in [7, 11) is 0. The molecule has 0 aliphatic rings. The van der Waals surface area contributed by atoms with E-state index in [1.165, 1.54) is 17.3 Å². The van der Waals surface area contributed by atoms with Crippen molar-refractivity contribution >= 4 is 17.5 Å². The molecule has 2 heterocycles. The summed E-state index contributed by atoms with van der Waals surface area (Å²) >= 11 is 5.81. The van der Waals surface area contributed by atoms with Crippen molar-refractivity contribution in [2.75, 3.05) is 11.9 Å². The monoisotopic (exact) mass is 263 g/mol. The van der Waals surface area contributed by atoms with Crippen LogP contribution in [0.5, 0.6) is 0 Å². The van der Waals surface area contributed by atoms with Crippen molar-refractivity contribution in [1.82, 2.24) is 29.7 Å². The molecular formula is C10H10ClN7. The Morgan fingerprint density at radius 2 is 2.28 bits per heavy atom. The van der Waals surface area contributed by atoms with Gasteiger partial charge in [0.1, 0.15) is 12.7 Å². The molecule has 0 aliphatic carbocycles. The van der Waals surface area contributed by atoms with Crippen LogP contribution in [0.1, 0.15) is 12.8 Å². The fourth-order valence-electron chi connectivity index (χ4n) is 1.22. The summed E-state index contributed by atoms with van der Waals surface area (Å²) in [5.41, 5.74) is 0. The number of anilines is 1. The number of unbranched alkanes of at least 4 members (excludes halogenated alkanes) is 1. The zero-order chi connectivity index (χ0) is 12.8. The Labute approximate surface area is 109 Å². The molecule has 2 rings (SSSR count). The van der Waals surface area contributed by atoms with E-state index in [1.807, 2.05) is 0 Å². The second kappa shape index (κ2) is 5.93. The van der Waals surface area contributed by atoms with Gasteiger partial charge in [-0.05, 0) is 18.0 Å². The first-order valence-electron chi connectivity index (χ1n) is 5.23. The maximum absolute atomic E-state index is 5.81. The minimum Gasteiger partial charge on any atom is -0.354 e. The third-order valence-corrected chi connectivity index (χ3v) is 2.17. The third kappa shape index (κ3) is 3.15. The van der Waals surface area contributed by atoms with Crippen LogP contribution in [0.3, 0.4) is 0 Å². The van der Waals surface area contributed by atoms with Crippen LogP contribution in [0.4, 0.5) is 5.95 Å². The maximum atomic E-state index is 5.81. The van der Waals surface area contributed by atoms with Crippen molar-refractivity contribution in [3.63, 3.8) is 0 Å². The minimum atomic E-state index is 0.0925. The molecule has 0 unspecified atom stereocenters. The Hall–Kier alpha value is -2.20. The van der Waals surface area contributed by atoms with Crippen molar-refractivity contribution in [2.24, 2.45) is 0 Å². The van der Waals surface area contributed by atoms with Gasteiger partial charge in [-0.25, -0.2) is 4.98 Å². The molecule has 92 valence electrons. The Balaban J connectivity index is 2.10. The summed E-state index contributed by atoms with van der Waals surface area (Å²) in [4.78, 5) is 15.9. The van der Waals surface area contributed by atoms with E-state index in [-0.39, 0.29) is 5.28 Å². The standard InChI is InChI=1S/C10H10ClN7/c1-2-3-4-5-13-9-15-8(11)16-10(17-9)18-7-12-6-14-18/h1,6-7H,3-5H2,(H,13,15,16,17). The average molecular weight is 264 g/mol. The lowest BCUT2D eigenvalue weighted by molar-refractivity contribution is 0.790. The topological polar surface area (TPSA) is 81.4 Å². The molecule has 18 heavy (non-hydrogen) atoms. The highest BCUT2D eigenvalue weighted by Crippen LogP contribution is 2.08. The van der Waals surface area contributed by atoms with Gasteiger partial charge in [0.2, 0.25) is 11.2 Å². The van der Waals surface area contributed by atoms with Gasteiger partial charge in [-0.1, -0.05) is 0 Å². The molecule has 2 aromatic rings. The fraction of sp³-hybridized carbons (Fsp3) is 0.300. The molecule has 0 radical (unpaired) electrons. The summed E-state index contributed by atoms with van der Waals surface area (Å²) in [5.74, 6) is 3.26. The molecule has 0 fully saturated rings. The Morgan fingerprint density at radius 1 is 1.39 bits per heavy atom. The van der Waals surface area contributed by atoms with Crippen LogP contribution in [-0.4, -0.2) is 36.3 Å². The predicted octanol–water partition coefficient (Wildman–Crippen LogP) is 0.931. The van der Waals surface area contributed by atoms with Crippen molar-refractivity contribution in [1.29, 1.82) is 0 Å². The average Bonchev–Trinajstić information content (AvgIpc) is 2.88. The lowest BCUT2D eigenvalue weighted by Gasteiger charge is -2.05. The Kier molecular flexibility index (Phi) is 4.04. The van der Waals surface area contributed by atoms with E-state index in [4.69, 9.17) is 18.0 Å². The van der Waals surface area contributed by atoms with E-state index in [0.717, 1.165) is 6.42 Å². The van der Waals surface area contributed by atoms with E-state index in [0.29, 0.717) is 24.9 Å². The summed E-state index contributed by atoms with van der Waals surface area (Å²) in [6, 6.07) is 0. The van der Waals surface area contributed by atoms with Gasteiger partial charge in [-0.15, -0.1) is 12.3 Å². The van der Waals surface area contributed by atoms with Crippen LogP contribution in [0, 0.1) is 12.3 Å². The minimum absolute atomic E-state index is 0.0925. The van der Waals surface area contributed by atoms with Gasteiger partial charge in [0.25, 0.3) is 5.95 Å².